The van der Waals surface area contributed by atoms with Gasteiger partial charge in [-0.1, -0.05) is 44.9 Å². The van der Waals surface area contributed by atoms with Crippen molar-refractivity contribution in [1.29, 1.82) is 0 Å². The van der Waals surface area contributed by atoms with Crippen LogP contribution in [-0.4, -0.2) is 24.0 Å². The molecule has 3 atom stereocenters. The molecule has 17 heavy (non-hydrogen) atoms. The van der Waals surface area contributed by atoms with E-state index in [-0.39, 0.29) is 0 Å². The molecule has 3 unspecified atom stereocenters. The molecule has 1 N–H and O–H groups in total. The van der Waals surface area contributed by atoms with Crippen LogP contribution in [0.15, 0.2) is 4.99 Å². The van der Waals surface area contributed by atoms with Crippen molar-refractivity contribution in [3.8, 4) is 0 Å². The molecule has 2 aliphatic rings. The molecule has 3 heteroatoms. The summed E-state index contributed by atoms with van der Waals surface area (Å²) in [7, 11) is 0. The Morgan fingerprint density at radius 2 is 2.18 bits per heavy atom. The monoisotopic (exact) mass is 254 g/mol. The van der Waals surface area contributed by atoms with E-state index in [9.17, 15) is 0 Å². The van der Waals surface area contributed by atoms with Crippen molar-refractivity contribution < 1.29 is 0 Å². The number of hydrogen-bond acceptors (Lipinski definition) is 3. The molecule has 0 aromatic heterocycles. The van der Waals surface area contributed by atoms with Gasteiger partial charge in [-0.05, 0) is 30.6 Å². The summed E-state index contributed by atoms with van der Waals surface area (Å²) >= 11 is 1.90. The third-order valence-electron chi connectivity index (χ3n) is 3.92. The lowest BCUT2D eigenvalue weighted by Gasteiger charge is -2.27. The second-order valence-electron chi connectivity index (χ2n) is 5.92. The van der Waals surface area contributed by atoms with Gasteiger partial charge in [0.2, 0.25) is 0 Å². The van der Waals surface area contributed by atoms with Crippen LogP contribution in [0.5, 0.6) is 0 Å². The Labute approximate surface area is 110 Å². The van der Waals surface area contributed by atoms with Crippen molar-refractivity contribution in [2.45, 2.75) is 46.0 Å². The van der Waals surface area contributed by atoms with Gasteiger partial charge in [0.15, 0.2) is 5.17 Å². The molecule has 0 amide bonds. The standard InChI is InChI=1S/C14H26N2S/c1-11-4-3-5-13(8-11)6-7-15-14-16-9-12(2)10-17-14/h11-13H,3-10H2,1-2H3,(H,15,16). The van der Waals surface area contributed by atoms with E-state index in [4.69, 9.17) is 0 Å². The Bertz CT molecular complexity index is 265. The summed E-state index contributed by atoms with van der Waals surface area (Å²) < 4.78 is 0. The molecule has 2 nitrogen and oxygen atoms in total. The van der Waals surface area contributed by atoms with Gasteiger partial charge in [0.05, 0.1) is 0 Å². The fraction of sp³-hybridized carbons (Fsp3) is 0.929. The minimum atomic E-state index is 0.754. The summed E-state index contributed by atoms with van der Waals surface area (Å²) in [5.74, 6) is 3.90. The first-order valence-corrected chi connectivity index (χ1v) is 8.13. The molecule has 1 fully saturated rings. The second kappa shape index (κ2) is 6.67. The van der Waals surface area contributed by atoms with Gasteiger partial charge < -0.3 is 5.32 Å². The number of aliphatic imine (C=N–C) groups is 1. The van der Waals surface area contributed by atoms with Crippen molar-refractivity contribution in [2.24, 2.45) is 22.7 Å². The number of hydrogen-bond donors (Lipinski definition) is 1. The summed E-state index contributed by atoms with van der Waals surface area (Å²) in [4.78, 5) is 4.58. The van der Waals surface area contributed by atoms with E-state index in [1.165, 1.54) is 43.0 Å². The molecular weight excluding hydrogens is 228 g/mol. The molecule has 1 aliphatic heterocycles. The van der Waals surface area contributed by atoms with Crippen molar-refractivity contribution in [3.05, 3.63) is 0 Å². The van der Waals surface area contributed by atoms with Crippen LogP contribution < -0.4 is 5.32 Å². The molecular formula is C14H26N2S. The zero-order chi connectivity index (χ0) is 12.1. The van der Waals surface area contributed by atoms with Crippen molar-refractivity contribution in [3.63, 3.8) is 0 Å². The Morgan fingerprint density at radius 3 is 2.88 bits per heavy atom. The summed E-state index contributed by atoms with van der Waals surface area (Å²) in [6.07, 6.45) is 7.11. The Hall–Kier alpha value is -0.180. The highest BCUT2D eigenvalue weighted by Crippen LogP contribution is 2.30. The summed E-state index contributed by atoms with van der Waals surface area (Å²) in [5, 5.41) is 4.70. The Kier molecular flexibility index (Phi) is 5.20. The van der Waals surface area contributed by atoms with Crippen molar-refractivity contribution in [2.75, 3.05) is 18.8 Å². The third-order valence-corrected chi connectivity index (χ3v) is 5.21. The smallest absolute Gasteiger partial charge is 0.156 e. The SMILES string of the molecule is CC1CN=C(NCCC2CCCC(C)C2)SC1. The quantitative estimate of drug-likeness (QED) is 0.833. The highest BCUT2D eigenvalue weighted by atomic mass is 32.2. The van der Waals surface area contributed by atoms with Gasteiger partial charge in [0.25, 0.3) is 0 Å². The van der Waals surface area contributed by atoms with Gasteiger partial charge in [-0.3, -0.25) is 4.99 Å². The highest BCUT2D eigenvalue weighted by Gasteiger charge is 2.18. The van der Waals surface area contributed by atoms with Crippen LogP contribution in [0.25, 0.3) is 0 Å². The van der Waals surface area contributed by atoms with Gasteiger partial charge in [0.1, 0.15) is 0 Å². The lowest BCUT2D eigenvalue weighted by molar-refractivity contribution is 0.270. The molecule has 0 aromatic carbocycles. The highest BCUT2D eigenvalue weighted by molar-refractivity contribution is 8.13. The molecule has 0 radical (unpaired) electrons. The van der Waals surface area contributed by atoms with Gasteiger partial charge >= 0.3 is 0 Å². The molecule has 1 aliphatic carbocycles. The van der Waals surface area contributed by atoms with Crippen LogP contribution in [0.3, 0.4) is 0 Å². The lowest BCUT2D eigenvalue weighted by atomic mass is 9.81. The normalized spacial score (nSPS) is 34.2. The zero-order valence-corrected chi connectivity index (χ0v) is 12.1. The van der Waals surface area contributed by atoms with Crippen LogP contribution in [0.4, 0.5) is 0 Å². The first-order chi connectivity index (χ1) is 8.24. The maximum absolute atomic E-state index is 4.58. The largest absolute Gasteiger partial charge is 0.365 e. The predicted molar refractivity (Wildman–Crippen MR) is 77.7 cm³/mol. The first-order valence-electron chi connectivity index (χ1n) is 7.15. The van der Waals surface area contributed by atoms with Crippen LogP contribution in [0, 0.1) is 17.8 Å². The van der Waals surface area contributed by atoms with Gasteiger partial charge in [-0.15, -0.1) is 0 Å². The van der Waals surface area contributed by atoms with E-state index < -0.39 is 0 Å². The summed E-state index contributed by atoms with van der Waals surface area (Å²) in [5.41, 5.74) is 0. The fourth-order valence-corrected chi connectivity index (χ4v) is 3.79. The third kappa shape index (κ3) is 4.53. The molecule has 2 rings (SSSR count). The van der Waals surface area contributed by atoms with Crippen LogP contribution in [-0.2, 0) is 0 Å². The maximum atomic E-state index is 4.58. The van der Waals surface area contributed by atoms with Crippen LogP contribution >= 0.6 is 11.8 Å². The minimum absolute atomic E-state index is 0.754. The molecule has 0 spiro atoms. The average molecular weight is 254 g/mol. The summed E-state index contributed by atoms with van der Waals surface area (Å²) in [6.45, 7) is 6.81. The average Bonchev–Trinajstić information content (AvgIpc) is 2.32. The topological polar surface area (TPSA) is 24.4 Å². The Morgan fingerprint density at radius 1 is 1.29 bits per heavy atom. The number of rotatable bonds is 3. The van der Waals surface area contributed by atoms with Gasteiger partial charge in [-0.2, -0.15) is 0 Å². The number of thioether (sulfide) groups is 1. The predicted octanol–water partition coefficient (Wildman–Crippen LogP) is 3.53. The van der Waals surface area contributed by atoms with E-state index >= 15 is 0 Å². The molecule has 0 bridgehead atoms. The van der Waals surface area contributed by atoms with Crippen molar-refractivity contribution >= 4 is 16.9 Å². The van der Waals surface area contributed by atoms with Crippen LogP contribution in [0.1, 0.15) is 46.0 Å². The van der Waals surface area contributed by atoms with Gasteiger partial charge in [0, 0.05) is 18.8 Å². The van der Waals surface area contributed by atoms with E-state index in [0.717, 1.165) is 30.8 Å². The molecule has 1 saturated carbocycles. The molecule has 0 aromatic rings. The summed E-state index contributed by atoms with van der Waals surface area (Å²) in [6, 6.07) is 0. The number of nitrogens with zero attached hydrogens (tertiary/aromatic N) is 1. The van der Waals surface area contributed by atoms with E-state index in [1.54, 1.807) is 0 Å². The second-order valence-corrected chi connectivity index (χ2v) is 6.92. The fourth-order valence-electron chi connectivity index (χ4n) is 2.87. The van der Waals surface area contributed by atoms with Crippen LogP contribution in [0.2, 0.25) is 0 Å². The number of amidine groups is 1. The zero-order valence-electron chi connectivity index (χ0n) is 11.2. The van der Waals surface area contributed by atoms with Gasteiger partial charge in [-0.25, -0.2) is 0 Å². The molecule has 1 heterocycles. The van der Waals surface area contributed by atoms with E-state index in [1.807, 2.05) is 11.8 Å². The first kappa shape index (κ1) is 13.3. The minimum Gasteiger partial charge on any atom is -0.365 e. The van der Waals surface area contributed by atoms with Crippen molar-refractivity contribution in [1.82, 2.24) is 5.32 Å². The van der Waals surface area contributed by atoms with E-state index in [2.05, 4.69) is 24.2 Å². The number of nitrogens with one attached hydrogen (secondary N) is 1. The van der Waals surface area contributed by atoms with E-state index in [0.29, 0.717) is 0 Å². The lowest BCUT2D eigenvalue weighted by Crippen LogP contribution is -2.28. The molecule has 0 saturated heterocycles. The molecule has 98 valence electrons. The maximum Gasteiger partial charge on any atom is 0.156 e. The Balaban J connectivity index is 1.62.